The van der Waals surface area contributed by atoms with Crippen LogP contribution in [0.1, 0.15) is 39.2 Å². The number of nitrogens with zero attached hydrogens (tertiary/aromatic N) is 1. The molecule has 1 rings (SSSR count). The van der Waals surface area contributed by atoms with E-state index in [9.17, 15) is 9.59 Å². The fraction of sp³-hybridized carbons (Fsp3) is 0.500. The lowest BCUT2D eigenvalue weighted by molar-refractivity contribution is -0.145. The summed E-state index contributed by atoms with van der Waals surface area (Å²) in [5, 5.41) is 4.62. The van der Waals surface area contributed by atoms with Crippen LogP contribution in [0.3, 0.4) is 0 Å². The summed E-state index contributed by atoms with van der Waals surface area (Å²) < 4.78 is 10.5. The Morgan fingerprint density at radius 1 is 1.32 bits per heavy atom. The van der Waals surface area contributed by atoms with Gasteiger partial charge < -0.3 is 9.47 Å². The van der Waals surface area contributed by atoms with E-state index in [0.717, 1.165) is 12.0 Å². The van der Waals surface area contributed by atoms with Crippen LogP contribution in [-0.4, -0.2) is 30.8 Å². The zero-order chi connectivity index (χ0) is 18.8. The van der Waals surface area contributed by atoms with E-state index in [1.165, 1.54) is 0 Å². The molecule has 0 saturated heterocycles. The Morgan fingerprint density at radius 3 is 2.64 bits per heavy atom. The number of carbonyl (C=O) groups is 2. The molecule has 1 amide bonds. The lowest BCUT2D eigenvalue weighted by Crippen LogP contribution is -2.30. The Labute approximate surface area is 153 Å². The molecule has 6 nitrogen and oxygen atoms in total. The Balaban J connectivity index is 2.59. The number of benzene rings is 1. The summed E-state index contributed by atoms with van der Waals surface area (Å²) in [7, 11) is 0. The number of rotatable bonds is 9. The largest absolute Gasteiger partial charge is 0.483 e. The van der Waals surface area contributed by atoms with Gasteiger partial charge in [-0.1, -0.05) is 24.9 Å². The number of hydrogen-bond acceptors (Lipinski definition) is 5. The second-order valence-corrected chi connectivity index (χ2v) is 6.02. The van der Waals surface area contributed by atoms with Crippen LogP contribution in [0.2, 0.25) is 5.02 Å². The minimum absolute atomic E-state index is 0.183. The quantitative estimate of drug-likeness (QED) is 0.411. The molecule has 1 aromatic carbocycles. The molecule has 0 aliphatic rings. The molecule has 25 heavy (non-hydrogen) atoms. The Morgan fingerprint density at radius 2 is 2.04 bits per heavy atom. The topological polar surface area (TPSA) is 77.0 Å². The van der Waals surface area contributed by atoms with Crippen molar-refractivity contribution in [2.75, 3.05) is 13.2 Å². The Kier molecular flexibility index (Phi) is 8.99. The molecule has 0 radical (unpaired) electrons. The third-order valence-electron chi connectivity index (χ3n) is 3.51. The average molecular weight is 369 g/mol. The van der Waals surface area contributed by atoms with Crippen molar-refractivity contribution in [3.05, 3.63) is 28.8 Å². The van der Waals surface area contributed by atoms with Gasteiger partial charge in [0.25, 0.3) is 5.91 Å². The van der Waals surface area contributed by atoms with Crippen molar-refractivity contribution in [3.63, 3.8) is 0 Å². The number of carbonyl (C=O) groups excluding carboxylic acids is 2. The molecule has 0 heterocycles. The Bertz CT molecular complexity index is 632. The molecule has 138 valence electrons. The highest BCUT2D eigenvalue weighted by molar-refractivity contribution is 6.30. The van der Waals surface area contributed by atoms with Crippen LogP contribution in [0.5, 0.6) is 5.75 Å². The number of halogens is 1. The summed E-state index contributed by atoms with van der Waals surface area (Å²) in [6.45, 7) is 7.40. The minimum Gasteiger partial charge on any atom is -0.483 e. The summed E-state index contributed by atoms with van der Waals surface area (Å²) in [6.07, 6.45) is 1.42. The lowest BCUT2D eigenvalue weighted by atomic mass is 9.99. The number of esters is 1. The van der Waals surface area contributed by atoms with E-state index in [0.29, 0.717) is 29.5 Å². The van der Waals surface area contributed by atoms with Crippen LogP contribution in [0.15, 0.2) is 23.3 Å². The molecule has 7 heteroatoms. The number of nitrogens with one attached hydrogen (secondary N) is 1. The molecule has 1 aromatic rings. The number of hydrogen-bond donors (Lipinski definition) is 1. The highest BCUT2D eigenvalue weighted by atomic mass is 35.5. The highest BCUT2D eigenvalue weighted by Gasteiger charge is 2.22. The molecule has 1 N–H and O–H groups in total. The Hall–Kier alpha value is -2.08. The van der Waals surface area contributed by atoms with Crippen molar-refractivity contribution in [3.8, 4) is 5.75 Å². The molecule has 1 atom stereocenters. The SMILES string of the molecule is CCCC(C(=O)OCC)/C(C)=N/NC(=O)COc1ccc(Cl)cc1C. The summed E-state index contributed by atoms with van der Waals surface area (Å²) in [4.78, 5) is 23.8. The summed E-state index contributed by atoms with van der Waals surface area (Å²) in [5.41, 5.74) is 3.76. The predicted octanol–water partition coefficient (Wildman–Crippen LogP) is 3.50. The van der Waals surface area contributed by atoms with Gasteiger partial charge in [0, 0.05) is 10.7 Å². The molecule has 0 fully saturated rings. The van der Waals surface area contributed by atoms with Gasteiger partial charge in [-0.05, 0) is 51.0 Å². The van der Waals surface area contributed by atoms with E-state index in [1.807, 2.05) is 13.8 Å². The maximum absolute atomic E-state index is 11.9. The first-order chi connectivity index (χ1) is 11.9. The minimum atomic E-state index is -0.454. The molecular formula is C18H25ClN2O4. The number of hydrazone groups is 1. The molecule has 0 aromatic heterocycles. The smallest absolute Gasteiger partial charge is 0.314 e. The van der Waals surface area contributed by atoms with Crippen molar-refractivity contribution in [1.29, 1.82) is 0 Å². The van der Waals surface area contributed by atoms with E-state index in [1.54, 1.807) is 32.0 Å². The van der Waals surface area contributed by atoms with Gasteiger partial charge in [0.05, 0.1) is 12.5 Å². The molecule has 0 aliphatic carbocycles. The number of amides is 1. The number of aryl methyl sites for hydroxylation is 1. The van der Waals surface area contributed by atoms with Gasteiger partial charge in [0.2, 0.25) is 0 Å². The fourth-order valence-electron chi connectivity index (χ4n) is 2.21. The molecular weight excluding hydrogens is 344 g/mol. The summed E-state index contributed by atoms with van der Waals surface area (Å²) >= 11 is 5.88. The monoisotopic (exact) mass is 368 g/mol. The molecule has 1 unspecified atom stereocenters. The summed E-state index contributed by atoms with van der Waals surface area (Å²) in [5.74, 6) is -0.610. The van der Waals surface area contributed by atoms with Crippen molar-refractivity contribution < 1.29 is 19.1 Å². The first kappa shape index (κ1) is 21.0. The molecule has 0 bridgehead atoms. The third-order valence-corrected chi connectivity index (χ3v) is 3.74. The van der Waals surface area contributed by atoms with Crippen molar-refractivity contribution in [1.82, 2.24) is 5.43 Å². The van der Waals surface area contributed by atoms with Crippen LogP contribution < -0.4 is 10.2 Å². The predicted molar refractivity (Wildman–Crippen MR) is 98.0 cm³/mol. The zero-order valence-electron chi connectivity index (χ0n) is 15.1. The fourth-order valence-corrected chi connectivity index (χ4v) is 2.43. The first-order valence-corrected chi connectivity index (χ1v) is 8.65. The van der Waals surface area contributed by atoms with E-state index in [-0.39, 0.29) is 12.6 Å². The van der Waals surface area contributed by atoms with Gasteiger partial charge in [0.15, 0.2) is 6.61 Å². The third kappa shape index (κ3) is 7.13. The molecule has 0 spiro atoms. The molecule has 0 saturated carbocycles. The van der Waals surface area contributed by atoms with Crippen molar-refractivity contribution in [2.24, 2.45) is 11.0 Å². The second kappa shape index (κ2) is 10.7. The van der Waals surface area contributed by atoms with Gasteiger partial charge in [-0.25, -0.2) is 5.43 Å². The normalized spacial score (nSPS) is 12.4. The maximum atomic E-state index is 11.9. The van der Waals surface area contributed by atoms with Gasteiger partial charge >= 0.3 is 5.97 Å². The van der Waals surface area contributed by atoms with Crippen LogP contribution in [0, 0.1) is 12.8 Å². The van der Waals surface area contributed by atoms with Gasteiger partial charge in [-0.15, -0.1) is 0 Å². The number of ether oxygens (including phenoxy) is 2. The summed E-state index contributed by atoms with van der Waals surface area (Å²) in [6, 6.07) is 5.15. The lowest BCUT2D eigenvalue weighted by Gasteiger charge is -2.14. The van der Waals surface area contributed by atoms with Crippen molar-refractivity contribution in [2.45, 2.75) is 40.5 Å². The van der Waals surface area contributed by atoms with E-state index in [4.69, 9.17) is 21.1 Å². The first-order valence-electron chi connectivity index (χ1n) is 8.27. The van der Waals surface area contributed by atoms with Crippen LogP contribution in [0.25, 0.3) is 0 Å². The van der Waals surface area contributed by atoms with Crippen molar-refractivity contribution >= 4 is 29.2 Å². The molecule has 0 aliphatic heterocycles. The van der Waals surface area contributed by atoms with Crippen LogP contribution in [-0.2, 0) is 14.3 Å². The van der Waals surface area contributed by atoms with E-state index >= 15 is 0 Å². The van der Waals surface area contributed by atoms with Gasteiger partial charge in [0.1, 0.15) is 5.75 Å². The van der Waals surface area contributed by atoms with Gasteiger partial charge in [-0.2, -0.15) is 5.10 Å². The van der Waals surface area contributed by atoms with E-state index in [2.05, 4.69) is 10.5 Å². The zero-order valence-corrected chi connectivity index (χ0v) is 15.9. The standard InChI is InChI=1S/C18H25ClN2O4/c1-5-7-15(18(23)24-6-2)13(4)20-21-17(22)11-25-16-9-8-14(19)10-12(16)3/h8-10,15H,5-7,11H2,1-4H3,(H,21,22)/b20-13+. The highest BCUT2D eigenvalue weighted by Crippen LogP contribution is 2.21. The van der Waals surface area contributed by atoms with Gasteiger partial charge in [-0.3, -0.25) is 9.59 Å². The van der Waals surface area contributed by atoms with Crippen LogP contribution in [0.4, 0.5) is 0 Å². The maximum Gasteiger partial charge on any atom is 0.314 e. The van der Waals surface area contributed by atoms with E-state index < -0.39 is 11.8 Å². The second-order valence-electron chi connectivity index (χ2n) is 5.58. The average Bonchev–Trinajstić information content (AvgIpc) is 2.56. The van der Waals surface area contributed by atoms with Crippen LogP contribution >= 0.6 is 11.6 Å².